The largest absolute Gasteiger partial charge is 0.497 e. The number of hydrogen-bond donors (Lipinski definition) is 1. The molecule has 0 saturated carbocycles. The van der Waals surface area contributed by atoms with E-state index in [1.54, 1.807) is 7.11 Å². The van der Waals surface area contributed by atoms with Crippen molar-refractivity contribution < 1.29 is 14.3 Å². The van der Waals surface area contributed by atoms with Crippen LogP contribution in [-0.2, 0) is 0 Å². The first-order valence-corrected chi connectivity index (χ1v) is 9.05. The lowest BCUT2D eigenvalue weighted by Crippen LogP contribution is -2.34. The molecule has 0 radical (unpaired) electrons. The molecule has 1 atom stereocenters. The molecule has 1 fully saturated rings. The summed E-state index contributed by atoms with van der Waals surface area (Å²) in [4.78, 5) is 14.7. The number of carbonyl (C=O) groups is 1. The number of nitrogens with zero attached hydrogens (tertiary/aromatic N) is 1. The van der Waals surface area contributed by atoms with Crippen molar-refractivity contribution in [2.75, 3.05) is 19.0 Å². The van der Waals surface area contributed by atoms with Crippen molar-refractivity contribution in [3.8, 4) is 11.5 Å². The van der Waals surface area contributed by atoms with E-state index >= 15 is 0 Å². The molecule has 1 saturated heterocycles. The number of anilines is 1. The highest BCUT2D eigenvalue weighted by atomic mass is 16.5. The minimum Gasteiger partial charge on any atom is -0.497 e. The van der Waals surface area contributed by atoms with Crippen LogP contribution in [0.1, 0.15) is 38.3 Å². The molecule has 5 heteroatoms. The zero-order valence-electron chi connectivity index (χ0n) is 15.6. The van der Waals surface area contributed by atoms with Crippen LogP contribution in [0.25, 0.3) is 0 Å². The van der Waals surface area contributed by atoms with E-state index in [1.807, 2.05) is 61.2 Å². The number of likely N-dealkylation sites (tertiary alicyclic amines) is 1. The summed E-state index contributed by atoms with van der Waals surface area (Å²) >= 11 is 0. The number of hydrogen-bond acceptors (Lipinski definition) is 3. The van der Waals surface area contributed by atoms with Crippen LogP contribution >= 0.6 is 0 Å². The summed E-state index contributed by atoms with van der Waals surface area (Å²) in [5.41, 5.74) is 1.88. The lowest BCUT2D eigenvalue weighted by molar-refractivity contribution is 0.207. The number of ether oxygens (including phenoxy) is 2. The Morgan fingerprint density at radius 2 is 1.92 bits per heavy atom. The standard InChI is InChI=1S/C21H26N2O3/c1-15(2)26-18-11-9-17(10-12-18)22-21(24)23-13-5-8-20(23)16-6-4-7-19(14-16)25-3/h4,6-7,9-12,14-15,20H,5,8,13H2,1-3H3,(H,22,24). The van der Waals surface area contributed by atoms with E-state index in [-0.39, 0.29) is 18.2 Å². The molecular formula is C21H26N2O3. The lowest BCUT2D eigenvalue weighted by Gasteiger charge is -2.25. The molecule has 26 heavy (non-hydrogen) atoms. The van der Waals surface area contributed by atoms with E-state index in [2.05, 4.69) is 11.4 Å². The van der Waals surface area contributed by atoms with Crippen molar-refractivity contribution in [3.05, 3.63) is 54.1 Å². The average molecular weight is 354 g/mol. The Labute approximate surface area is 154 Å². The van der Waals surface area contributed by atoms with Crippen LogP contribution in [0.2, 0.25) is 0 Å². The van der Waals surface area contributed by atoms with Crippen LogP contribution in [0.5, 0.6) is 11.5 Å². The van der Waals surface area contributed by atoms with Gasteiger partial charge < -0.3 is 19.7 Å². The van der Waals surface area contributed by atoms with Crippen LogP contribution in [-0.4, -0.2) is 30.7 Å². The summed E-state index contributed by atoms with van der Waals surface area (Å²) in [6.45, 7) is 4.73. The molecule has 138 valence electrons. The van der Waals surface area contributed by atoms with Gasteiger partial charge in [0.15, 0.2) is 0 Å². The molecule has 1 heterocycles. The molecule has 1 aliphatic heterocycles. The Balaban J connectivity index is 1.68. The van der Waals surface area contributed by atoms with Gasteiger partial charge in [0.2, 0.25) is 0 Å². The summed E-state index contributed by atoms with van der Waals surface area (Å²) in [5.74, 6) is 1.61. The van der Waals surface area contributed by atoms with Crippen LogP contribution in [0.4, 0.5) is 10.5 Å². The Bertz CT molecular complexity index is 743. The first-order valence-electron chi connectivity index (χ1n) is 9.05. The number of benzene rings is 2. The highest BCUT2D eigenvalue weighted by molar-refractivity contribution is 5.89. The number of nitrogens with one attached hydrogen (secondary N) is 1. The maximum Gasteiger partial charge on any atom is 0.322 e. The Morgan fingerprint density at radius 1 is 1.15 bits per heavy atom. The maximum atomic E-state index is 12.8. The van der Waals surface area contributed by atoms with Gasteiger partial charge in [-0.3, -0.25) is 0 Å². The molecule has 2 amide bonds. The molecule has 5 nitrogen and oxygen atoms in total. The van der Waals surface area contributed by atoms with Crippen LogP contribution < -0.4 is 14.8 Å². The summed E-state index contributed by atoms with van der Waals surface area (Å²) in [7, 11) is 1.66. The Kier molecular flexibility index (Phi) is 5.66. The average Bonchev–Trinajstić information content (AvgIpc) is 3.13. The summed E-state index contributed by atoms with van der Waals surface area (Å²) in [5, 5.41) is 2.99. The van der Waals surface area contributed by atoms with Gasteiger partial charge in [0.05, 0.1) is 19.3 Å². The molecule has 1 unspecified atom stereocenters. The smallest absolute Gasteiger partial charge is 0.322 e. The molecule has 0 aliphatic carbocycles. The van der Waals surface area contributed by atoms with E-state index < -0.39 is 0 Å². The van der Waals surface area contributed by atoms with Crippen molar-refractivity contribution in [1.29, 1.82) is 0 Å². The normalized spacial score (nSPS) is 16.6. The number of urea groups is 1. The molecule has 1 aliphatic rings. The number of carbonyl (C=O) groups excluding carboxylic acids is 1. The monoisotopic (exact) mass is 354 g/mol. The van der Waals surface area contributed by atoms with Gasteiger partial charge in [-0.1, -0.05) is 12.1 Å². The predicted molar refractivity (Wildman–Crippen MR) is 103 cm³/mol. The van der Waals surface area contributed by atoms with E-state index in [9.17, 15) is 4.79 Å². The fourth-order valence-electron chi connectivity index (χ4n) is 3.29. The molecule has 0 bridgehead atoms. The SMILES string of the molecule is COc1cccc(C2CCCN2C(=O)Nc2ccc(OC(C)C)cc2)c1. The Morgan fingerprint density at radius 3 is 2.62 bits per heavy atom. The molecule has 0 spiro atoms. The summed E-state index contributed by atoms with van der Waals surface area (Å²) < 4.78 is 10.9. The molecule has 2 aromatic rings. The highest BCUT2D eigenvalue weighted by Crippen LogP contribution is 2.34. The van der Waals surface area contributed by atoms with Crippen LogP contribution in [0.3, 0.4) is 0 Å². The summed E-state index contributed by atoms with van der Waals surface area (Å²) in [6, 6.07) is 15.4. The van der Waals surface area contributed by atoms with Gasteiger partial charge in [0.1, 0.15) is 11.5 Å². The third-order valence-corrected chi connectivity index (χ3v) is 4.47. The summed E-state index contributed by atoms with van der Waals surface area (Å²) in [6.07, 6.45) is 2.08. The van der Waals surface area contributed by atoms with Crippen molar-refractivity contribution in [3.63, 3.8) is 0 Å². The predicted octanol–water partition coefficient (Wildman–Crippen LogP) is 4.85. The minimum atomic E-state index is -0.0761. The van der Waals surface area contributed by atoms with Crippen molar-refractivity contribution in [2.24, 2.45) is 0 Å². The number of amides is 2. The zero-order chi connectivity index (χ0) is 18.5. The lowest BCUT2D eigenvalue weighted by atomic mass is 10.0. The number of methoxy groups -OCH3 is 1. The maximum absolute atomic E-state index is 12.8. The molecule has 1 N–H and O–H groups in total. The Hall–Kier alpha value is -2.69. The van der Waals surface area contributed by atoms with Crippen molar-refractivity contribution in [2.45, 2.75) is 38.8 Å². The van der Waals surface area contributed by atoms with Gasteiger partial charge in [-0.15, -0.1) is 0 Å². The molecule has 3 rings (SSSR count). The zero-order valence-corrected chi connectivity index (χ0v) is 15.6. The van der Waals surface area contributed by atoms with E-state index in [1.165, 1.54) is 0 Å². The van der Waals surface area contributed by atoms with E-state index in [4.69, 9.17) is 9.47 Å². The van der Waals surface area contributed by atoms with Crippen LogP contribution in [0, 0.1) is 0 Å². The third kappa shape index (κ3) is 4.28. The first-order chi connectivity index (χ1) is 12.6. The fraction of sp³-hybridized carbons (Fsp3) is 0.381. The minimum absolute atomic E-state index is 0.0761. The van der Waals surface area contributed by atoms with Gasteiger partial charge in [-0.05, 0) is 68.7 Å². The van der Waals surface area contributed by atoms with Gasteiger partial charge in [-0.25, -0.2) is 4.79 Å². The second-order valence-electron chi connectivity index (χ2n) is 6.75. The third-order valence-electron chi connectivity index (χ3n) is 4.47. The first kappa shape index (κ1) is 18.1. The number of rotatable bonds is 5. The second-order valence-corrected chi connectivity index (χ2v) is 6.75. The van der Waals surface area contributed by atoms with E-state index in [0.717, 1.165) is 42.1 Å². The molecular weight excluding hydrogens is 328 g/mol. The van der Waals surface area contributed by atoms with Crippen molar-refractivity contribution >= 4 is 11.7 Å². The quantitative estimate of drug-likeness (QED) is 0.835. The highest BCUT2D eigenvalue weighted by Gasteiger charge is 2.30. The van der Waals surface area contributed by atoms with Crippen molar-refractivity contribution in [1.82, 2.24) is 4.90 Å². The molecule has 2 aromatic carbocycles. The van der Waals surface area contributed by atoms with Gasteiger partial charge in [0, 0.05) is 12.2 Å². The topological polar surface area (TPSA) is 50.8 Å². The fourth-order valence-corrected chi connectivity index (χ4v) is 3.29. The van der Waals surface area contributed by atoms with E-state index in [0.29, 0.717) is 0 Å². The van der Waals surface area contributed by atoms with Gasteiger partial charge in [0.25, 0.3) is 0 Å². The van der Waals surface area contributed by atoms with Crippen LogP contribution in [0.15, 0.2) is 48.5 Å². The van der Waals surface area contributed by atoms with Gasteiger partial charge in [-0.2, -0.15) is 0 Å². The second kappa shape index (κ2) is 8.13. The molecule has 0 aromatic heterocycles. The van der Waals surface area contributed by atoms with Gasteiger partial charge >= 0.3 is 6.03 Å².